The minimum atomic E-state index is 0.0203. The first-order valence-electron chi connectivity index (χ1n) is 4.53. The molecule has 3 heteroatoms. The van der Waals surface area contributed by atoms with Gasteiger partial charge in [-0.15, -0.1) is 11.3 Å². The number of allylic oxidation sites excluding steroid dienone is 3. The van der Waals surface area contributed by atoms with E-state index in [9.17, 15) is 5.11 Å². The van der Waals surface area contributed by atoms with E-state index in [0.29, 0.717) is 10.6 Å². The molecule has 0 saturated heterocycles. The number of hydrogen-bond acceptors (Lipinski definition) is 3. The Kier molecular flexibility index (Phi) is 3.37. The fraction of sp³-hybridized carbons (Fsp3) is 0.167. The standard InChI is InChI=1S/C12H15NOS/c1-7(2)5-8(3)10-6-15-12(9(4)14)11(10)13/h5-6,14H,1,4,13H2,2-3H3/b8-5+. The SMILES string of the molecule is C=C(C)/C=C(\C)c1csc(C(=C)O)c1N. The average Bonchev–Trinajstić information content (AvgIpc) is 2.45. The summed E-state index contributed by atoms with van der Waals surface area (Å²) in [4.78, 5) is 0.638. The van der Waals surface area contributed by atoms with Crippen LogP contribution in [0.1, 0.15) is 24.3 Å². The highest BCUT2D eigenvalue weighted by atomic mass is 32.1. The van der Waals surface area contributed by atoms with Crippen LogP contribution >= 0.6 is 11.3 Å². The Hall–Kier alpha value is -1.48. The van der Waals surface area contributed by atoms with E-state index in [2.05, 4.69) is 13.2 Å². The first-order valence-corrected chi connectivity index (χ1v) is 5.40. The molecule has 1 heterocycles. The predicted octanol–water partition coefficient (Wildman–Crippen LogP) is 3.84. The lowest BCUT2D eigenvalue weighted by Crippen LogP contribution is -1.91. The summed E-state index contributed by atoms with van der Waals surface area (Å²) in [5.74, 6) is 0.0203. The third-order valence-electron chi connectivity index (χ3n) is 1.98. The highest BCUT2D eigenvalue weighted by molar-refractivity contribution is 7.12. The van der Waals surface area contributed by atoms with Gasteiger partial charge in [-0.3, -0.25) is 0 Å². The Bertz CT molecular complexity index is 440. The molecule has 1 aromatic rings. The van der Waals surface area contributed by atoms with E-state index in [1.807, 2.05) is 25.3 Å². The maximum absolute atomic E-state index is 9.28. The van der Waals surface area contributed by atoms with Gasteiger partial charge < -0.3 is 10.8 Å². The number of thiophene rings is 1. The number of hydrogen-bond donors (Lipinski definition) is 2. The van der Waals surface area contributed by atoms with Gasteiger partial charge in [0.1, 0.15) is 5.76 Å². The summed E-state index contributed by atoms with van der Waals surface area (Å²) in [5.41, 5.74) is 9.44. The van der Waals surface area contributed by atoms with Crippen LogP contribution in [-0.4, -0.2) is 5.11 Å². The van der Waals surface area contributed by atoms with Gasteiger partial charge in [-0.05, 0) is 19.4 Å². The summed E-state index contributed by atoms with van der Waals surface area (Å²) in [6.07, 6.45) is 1.96. The lowest BCUT2D eigenvalue weighted by atomic mass is 10.1. The maximum atomic E-state index is 9.28. The molecule has 0 saturated carbocycles. The summed E-state index contributed by atoms with van der Waals surface area (Å²) in [7, 11) is 0. The molecule has 0 spiro atoms. The van der Waals surface area contributed by atoms with Crippen LogP contribution < -0.4 is 5.73 Å². The molecule has 3 N–H and O–H groups in total. The number of aliphatic hydroxyl groups is 1. The van der Waals surface area contributed by atoms with E-state index < -0.39 is 0 Å². The zero-order valence-electron chi connectivity index (χ0n) is 9.00. The Labute approximate surface area is 94.1 Å². The first-order chi connectivity index (χ1) is 6.93. The van der Waals surface area contributed by atoms with Crippen LogP contribution in [0.2, 0.25) is 0 Å². The molecule has 0 fully saturated rings. The van der Waals surface area contributed by atoms with Crippen LogP contribution in [0.15, 0.2) is 30.2 Å². The fourth-order valence-corrected chi connectivity index (χ4v) is 2.26. The molecule has 0 atom stereocenters. The van der Waals surface area contributed by atoms with Crippen LogP contribution in [0, 0.1) is 0 Å². The summed E-state index contributed by atoms with van der Waals surface area (Å²) in [6, 6.07) is 0. The topological polar surface area (TPSA) is 46.2 Å². The van der Waals surface area contributed by atoms with Crippen molar-refractivity contribution in [3.05, 3.63) is 40.6 Å². The minimum absolute atomic E-state index is 0.0203. The third-order valence-corrected chi connectivity index (χ3v) is 3.02. The van der Waals surface area contributed by atoms with Gasteiger partial charge in [0.25, 0.3) is 0 Å². The molecule has 0 unspecified atom stereocenters. The summed E-state index contributed by atoms with van der Waals surface area (Å²) < 4.78 is 0. The highest BCUT2D eigenvalue weighted by Gasteiger charge is 2.11. The van der Waals surface area contributed by atoms with Crippen LogP contribution in [0.4, 0.5) is 5.69 Å². The lowest BCUT2D eigenvalue weighted by Gasteiger charge is -2.02. The van der Waals surface area contributed by atoms with Crippen molar-refractivity contribution in [3.63, 3.8) is 0 Å². The van der Waals surface area contributed by atoms with Gasteiger partial charge in [0.05, 0.1) is 10.6 Å². The van der Waals surface area contributed by atoms with E-state index >= 15 is 0 Å². The summed E-state index contributed by atoms with van der Waals surface area (Å²) >= 11 is 1.39. The number of anilines is 1. The van der Waals surface area contributed by atoms with E-state index in [0.717, 1.165) is 16.7 Å². The quantitative estimate of drug-likeness (QED) is 0.601. The minimum Gasteiger partial charge on any atom is -0.507 e. The Morgan fingerprint density at radius 1 is 1.47 bits per heavy atom. The average molecular weight is 221 g/mol. The molecule has 0 aliphatic carbocycles. The second-order valence-corrected chi connectivity index (χ2v) is 4.39. The van der Waals surface area contributed by atoms with E-state index in [-0.39, 0.29) is 5.76 Å². The molecular weight excluding hydrogens is 206 g/mol. The number of aliphatic hydroxyl groups excluding tert-OH is 1. The number of nitrogen functional groups attached to an aromatic ring is 1. The molecule has 1 rings (SSSR count). The largest absolute Gasteiger partial charge is 0.507 e. The monoisotopic (exact) mass is 221 g/mol. The van der Waals surface area contributed by atoms with Gasteiger partial charge in [0.2, 0.25) is 0 Å². The summed E-state index contributed by atoms with van der Waals surface area (Å²) in [5, 5.41) is 11.2. The van der Waals surface area contributed by atoms with Crippen LogP contribution in [0.5, 0.6) is 0 Å². The molecule has 80 valence electrons. The zero-order valence-corrected chi connectivity index (χ0v) is 9.82. The van der Waals surface area contributed by atoms with Gasteiger partial charge in [-0.1, -0.05) is 24.8 Å². The van der Waals surface area contributed by atoms with Crippen molar-refractivity contribution >= 4 is 28.4 Å². The molecule has 0 aliphatic rings. The summed E-state index contributed by atoms with van der Waals surface area (Å²) in [6.45, 7) is 11.2. The van der Waals surface area contributed by atoms with Crippen molar-refractivity contribution in [1.82, 2.24) is 0 Å². The molecule has 0 aliphatic heterocycles. The van der Waals surface area contributed by atoms with Crippen molar-refractivity contribution in [1.29, 1.82) is 0 Å². The smallest absolute Gasteiger partial charge is 0.127 e. The van der Waals surface area contributed by atoms with Gasteiger partial charge in [-0.2, -0.15) is 0 Å². The van der Waals surface area contributed by atoms with E-state index in [1.54, 1.807) is 0 Å². The van der Waals surface area contributed by atoms with Crippen LogP contribution in [0.3, 0.4) is 0 Å². The van der Waals surface area contributed by atoms with Gasteiger partial charge in [0.15, 0.2) is 0 Å². The third kappa shape index (κ3) is 2.50. The van der Waals surface area contributed by atoms with Gasteiger partial charge in [0, 0.05) is 10.9 Å². The van der Waals surface area contributed by atoms with Crippen LogP contribution in [-0.2, 0) is 0 Å². The number of nitrogens with two attached hydrogens (primary N) is 1. The van der Waals surface area contributed by atoms with Crippen molar-refractivity contribution in [2.45, 2.75) is 13.8 Å². The molecule has 2 nitrogen and oxygen atoms in total. The predicted molar refractivity (Wildman–Crippen MR) is 68.9 cm³/mol. The van der Waals surface area contributed by atoms with Crippen molar-refractivity contribution < 1.29 is 5.11 Å². The first kappa shape index (κ1) is 11.6. The van der Waals surface area contributed by atoms with E-state index in [1.165, 1.54) is 11.3 Å². The highest BCUT2D eigenvalue weighted by Crippen LogP contribution is 2.34. The van der Waals surface area contributed by atoms with Crippen molar-refractivity contribution in [3.8, 4) is 0 Å². The molecule has 0 radical (unpaired) electrons. The number of rotatable bonds is 3. The lowest BCUT2D eigenvalue weighted by molar-refractivity contribution is 0.516. The van der Waals surface area contributed by atoms with E-state index in [4.69, 9.17) is 5.73 Å². The normalized spacial score (nSPS) is 11.5. The Morgan fingerprint density at radius 2 is 2.07 bits per heavy atom. The molecular formula is C12H15NOS. The molecule has 0 aromatic carbocycles. The molecule has 15 heavy (non-hydrogen) atoms. The zero-order chi connectivity index (χ0) is 11.6. The molecule has 1 aromatic heterocycles. The van der Waals surface area contributed by atoms with Crippen molar-refractivity contribution in [2.75, 3.05) is 5.73 Å². The van der Waals surface area contributed by atoms with Gasteiger partial charge in [-0.25, -0.2) is 0 Å². The van der Waals surface area contributed by atoms with Crippen LogP contribution in [0.25, 0.3) is 11.3 Å². The second-order valence-electron chi connectivity index (χ2n) is 3.51. The fourth-order valence-electron chi connectivity index (χ4n) is 1.34. The second kappa shape index (κ2) is 4.36. The Balaban J connectivity index is 3.18. The Morgan fingerprint density at radius 3 is 2.47 bits per heavy atom. The molecule has 0 amide bonds. The maximum Gasteiger partial charge on any atom is 0.127 e. The van der Waals surface area contributed by atoms with Crippen molar-refractivity contribution in [2.24, 2.45) is 0 Å². The molecule has 0 bridgehead atoms. The van der Waals surface area contributed by atoms with Gasteiger partial charge >= 0.3 is 0 Å².